The minimum atomic E-state index is -0.382. The molecular weight excluding hydrogens is 420 g/mol. The number of nitrogens with one attached hydrogen (secondary N) is 1. The van der Waals surface area contributed by atoms with Crippen LogP contribution in [0.4, 0.5) is 11.4 Å². The first-order chi connectivity index (χ1) is 16.2. The van der Waals surface area contributed by atoms with E-state index in [4.69, 9.17) is 0 Å². The van der Waals surface area contributed by atoms with Crippen molar-refractivity contribution in [1.82, 2.24) is 10.3 Å². The minimum Gasteiger partial charge on any atom is -0.349 e. The number of hydrogen-bond donors (Lipinski definition) is 1. The number of likely N-dealkylation sites (N-methyl/N-ethyl adjacent to an activating group) is 1. The van der Waals surface area contributed by atoms with Gasteiger partial charge in [0.15, 0.2) is 0 Å². The number of allylic oxidation sites excluding steroid dienone is 3. The van der Waals surface area contributed by atoms with E-state index in [1.807, 2.05) is 11.0 Å². The van der Waals surface area contributed by atoms with Gasteiger partial charge in [0.05, 0.1) is 17.4 Å². The average molecular weight is 455 g/mol. The number of amides is 1. The molecular formula is C29H34N4O. The Labute approximate surface area is 203 Å². The van der Waals surface area contributed by atoms with E-state index in [0.29, 0.717) is 5.92 Å². The van der Waals surface area contributed by atoms with Gasteiger partial charge >= 0.3 is 0 Å². The first kappa shape index (κ1) is 22.5. The van der Waals surface area contributed by atoms with E-state index in [0.717, 1.165) is 30.0 Å². The lowest BCUT2D eigenvalue weighted by Crippen LogP contribution is -2.33. The van der Waals surface area contributed by atoms with Crippen LogP contribution in [0.5, 0.6) is 0 Å². The highest BCUT2D eigenvalue weighted by atomic mass is 16.2. The quantitative estimate of drug-likeness (QED) is 0.624. The third-order valence-electron chi connectivity index (χ3n) is 6.93. The number of benzene rings is 2. The summed E-state index contributed by atoms with van der Waals surface area (Å²) in [5.74, 6) is 0.687. The van der Waals surface area contributed by atoms with Crippen molar-refractivity contribution in [3.8, 4) is 0 Å². The van der Waals surface area contributed by atoms with Crippen molar-refractivity contribution in [3.63, 3.8) is 0 Å². The Hall–Kier alpha value is -3.31. The van der Waals surface area contributed by atoms with Crippen molar-refractivity contribution in [2.24, 2.45) is 11.3 Å². The summed E-state index contributed by atoms with van der Waals surface area (Å²) in [6.07, 6.45) is 9.55. The maximum atomic E-state index is 13.4. The average Bonchev–Trinajstić information content (AvgIpc) is 3.33. The van der Waals surface area contributed by atoms with Gasteiger partial charge in [0, 0.05) is 36.6 Å². The lowest BCUT2D eigenvalue weighted by atomic mass is 9.88. The summed E-state index contributed by atoms with van der Waals surface area (Å²) in [4.78, 5) is 17.6. The molecule has 3 aliphatic heterocycles. The van der Waals surface area contributed by atoms with Crippen molar-refractivity contribution in [3.05, 3.63) is 95.5 Å². The minimum absolute atomic E-state index is 0.0519. The highest BCUT2D eigenvalue weighted by Crippen LogP contribution is 2.47. The molecule has 0 spiro atoms. The van der Waals surface area contributed by atoms with Crippen LogP contribution in [-0.2, 0) is 11.3 Å². The molecule has 5 nitrogen and oxygen atoms in total. The maximum Gasteiger partial charge on any atom is 0.233 e. The van der Waals surface area contributed by atoms with E-state index in [1.165, 1.54) is 16.8 Å². The SMILES string of the molecule is CC(C)/C=C1\C=CC(N2NCc3cc(N4C(=O)C(C)(C)CC4c4ccccc4)ccc32)=CN1C. The molecule has 1 fully saturated rings. The molecule has 1 atom stereocenters. The summed E-state index contributed by atoms with van der Waals surface area (Å²) in [7, 11) is 2.09. The van der Waals surface area contributed by atoms with Crippen LogP contribution in [0.1, 0.15) is 51.3 Å². The summed E-state index contributed by atoms with van der Waals surface area (Å²) in [5, 5.41) is 2.14. The monoisotopic (exact) mass is 454 g/mol. The maximum absolute atomic E-state index is 13.4. The van der Waals surface area contributed by atoms with E-state index in [1.54, 1.807) is 0 Å². The highest BCUT2D eigenvalue weighted by molar-refractivity contribution is 6.00. The van der Waals surface area contributed by atoms with Crippen LogP contribution in [0.2, 0.25) is 0 Å². The molecule has 1 saturated heterocycles. The number of hydrazine groups is 1. The number of anilines is 2. The van der Waals surface area contributed by atoms with E-state index < -0.39 is 0 Å². The molecule has 0 saturated carbocycles. The van der Waals surface area contributed by atoms with Gasteiger partial charge in [-0.2, -0.15) is 0 Å². The lowest BCUT2D eigenvalue weighted by Gasteiger charge is -2.28. The molecule has 1 unspecified atom stereocenters. The molecule has 34 heavy (non-hydrogen) atoms. The summed E-state index contributed by atoms with van der Waals surface area (Å²) in [6, 6.07) is 16.9. The van der Waals surface area contributed by atoms with Crippen molar-refractivity contribution >= 4 is 17.3 Å². The van der Waals surface area contributed by atoms with Gasteiger partial charge in [-0.05, 0) is 53.8 Å². The first-order valence-corrected chi connectivity index (χ1v) is 12.1. The fourth-order valence-electron chi connectivity index (χ4n) is 5.18. The second kappa shape index (κ2) is 8.48. The Balaban J connectivity index is 1.44. The largest absolute Gasteiger partial charge is 0.349 e. The first-order valence-electron chi connectivity index (χ1n) is 12.1. The fourth-order valence-corrected chi connectivity index (χ4v) is 5.18. The summed E-state index contributed by atoms with van der Waals surface area (Å²) in [6.45, 7) is 9.23. The van der Waals surface area contributed by atoms with Crippen LogP contribution in [0, 0.1) is 11.3 Å². The van der Waals surface area contributed by atoms with Crippen LogP contribution < -0.4 is 15.3 Å². The van der Waals surface area contributed by atoms with Gasteiger partial charge in [-0.1, -0.05) is 64.1 Å². The number of hydrogen-bond acceptors (Lipinski definition) is 4. The molecule has 1 amide bonds. The van der Waals surface area contributed by atoms with Crippen LogP contribution in [0.3, 0.4) is 0 Å². The Morgan fingerprint density at radius 3 is 2.56 bits per heavy atom. The number of fused-ring (bicyclic) bond motifs is 1. The van der Waals surface area contributed by atoms with Gasteiger partial charge in [0.25, 0.3) is 0 Å². The topological polar surface area (TPSA) is 38.8 Å². The second-order valence-corrected chi connectivity index (χ2v) is 10.5. The normalized spacial score (nSPS) is 22.7. The van der Waals surface area contributed by atoms with Gasteiger partial charge in [0.1, 0.15) is 0 Å². The highest BCUT2D eigenvalue weighted by Gasteiger charge is 2.46. The van der Waals surface area contributed by atoms with Gasteiger partial charge in [-0.3, -0.25) is 9.80 Å². The van der Waals surface area contributed by atoms with E-state index in [2.05, 4.69) is 117 Å². The molecule has 3 aliphatic rings. The standard InChI is InChI=1S/C29H34N4O/c1-20(2)15-23-11-12-25(19-31(23)5)33-26-14-13-24(16-22(26)18-30-33)32-27(17-29(3,4)28(32)34)21-9-7-6-8-10-21/h6-16,19-20,27,30H,17-18H2,1-5H3/b23-15+. The van der Waals surface area contributed by atoms with Crippen LogP contribution in [-0.4, -0.2) is 17.9 Å². The summed E-state index contributed by atoms with van der Waals surface area (Å²) in [5.41, 5.74) is 9.92. The lowest BCUT2D eigenvalue weighted by molar-refractivity contribution is -0.124. The fraction of sp³-hybridized carbons (Fsp3) is 0.345. The Kier molecular flexibility index (Phi) is 5.61. The molecule has 3 heterocycles. The van der Waals surface area contributed by atoms with Crippen molar-refractivity contribution in [1.29, 1.82) is 0 Å². The van der Waals surface area contributed by atoms with Gasteiger partial charge < -0.3 is 9.80 Å². The number of rotatable bonds is 4. The van der Waals surface area contributed by atoms with E-state index in [-0.39, 0.29) is 17.4 Å². The molecule has 0 radical (unpaired) electrons. The molecule has 5 heteroatoms. The third-order valence-corrected chi connectivity index (χ3v) is 6.93. The third kappa shape index (κ3) is 3.94. The van der Waals surface area contributed by atoms with Gasteiger partial charge in [0.2, 0.25) is 5.91 Å². The van der Waals surface area contributed by atoms with Gasteiger partial charge in [-0.15, -0.1) is 0 Å². The summed E-state index contributed by atoms with van der Waals surface area (Å²) >= 11 is 0. The van der Waals surface area contributed by atoms with Crippen LogP contribution in [0.25, 0.3) is 0 Å². The smallest absolute Gasteiger partial charge is 0.233 e. The van der Waals surface area contributed by atoms with Crippen LogP contribution >= 0.6 is 0 Å². The Morgan fingerprint density at radius 2 is 1.85 bits per heavy atom. The molecule has 2 aromatic rings. The Bertz CT molecular complexity index is 1190. The number of nitrogens with zero attached hydrogens (tertiary/aromatic N) is 3. The molecule has 0 aliphatic carbocycles. The molecule has 0 aromatic heterocycles. The summed E-state index contributed by atoms with van der Waals surface area (Å²) < 4.78 is 0. The molecule has 1 N–H and O–H groups in total. The molecule has 176 valence electrons. The van der Waals surface area contributed by atoms with Gasteiger partial charge in [-0.25, -0.2) is 5.43 Å². The van der Waals surface area contributed by atoms with E-state index in [9.17, 15) is 4.79 Å². The van der Waals surface area contributed by atoms with Crippen LogP contribution in [0.15, 0.2) is 84.4 Å². The number of carbonyl (C=O) groups excluding carboxylic acids is 1. The number of carbonyl (C=O) groups is 1. The van der Waals surface area contributed by atoms with E-state index >= 15 is 0 Å². The Morgan fingerprint density at radius 1 is 1.09 bits per heavy atom. The zero-order chi connectivity index (χ0) is 24.0. The van der Waals surface area contributed by atoms with Crippen molar-refractivity contribution in [2.45, 2.75) is 46.7 Å². The molecule has 5 rings (SSSR count). The zero-order valence-corrected chi connectivity index (χ0v) is 20.7. The zero-order valence-electron chi connectivity index (χ0n) is 20.7. The molecule has 2 aromatic carbocycles. The second-order valence-electron chi connectivity index (χ2n) is 10.5. The van der Waals surface area contributed by atoms with Crippen molar-refractivity contribution < 1.29 is 4.79 Å². The predicted octanol–water partition coefficient (Wildman–Crippen LogP) is 5.90. The molecule has 0 bridgehead atoms. The van der Waals surface area contributed by atoms with Crippen molar-refractivity contribution in [2.75, 3.05) is 17.0 Å². The predicted molar refractivity (Wildman–Crippen MR) is 139 cm³/mol.